The first-order valence-corrected chi connectivity index (χ1v) is 4.96. The number of hydrogen-bond donors (Lipinski definition) is 1. The maximum Gasteiger partial charge on any atom is 2.00 e. The summed E-state index contributed by atoms with van der Waals surface area (Å²) in [5.74, 6) is 0.837. The van der Waals surface area contributed by atoms with E-state index in [-0.39, 0.29) is 37.7 Å². The summed E-state index contributed by atoms with van der Waals surface area (Å²) < 4.78 is 23.1. The molecule has 0 aromatic rings. The van der Waals surface area contributed by atoms with Gasteiger partial charge < -0.3 is 14.4 Å². The number of hydrogen-bond acceptors (Lipinski definition) is 6. The van der Waals surface area contributed by atoms with Gasteiger partial charge in [-0.15, -0.1) is 0 Å². The van der Waals surface area contributed by atoms with E-state index in [9.17, 15) is 18.9 Å². The summed E-state index contributed by atoms with van der Waals surface area (Å²) in [6, 6.07) is 0. The molecule has 0 rings (SSSR count). The molecular weight excluding hydrogens is 222 g/mol. The molecule has 0 aliphatic heterocycles. The molecule has 10 heteroatoms. The SMILES string of the molecule is N#CP(N)(=O)OP(=O)([O-])[O-].[Ca+2]. The van der Waals surface area contributed by atoms with Gasteiger partial charge in [0.2, 0.25) is 0 Å². The minimum Gasteiger partial charge on any atom is -0.789 e. The molecule has 0 aliphatic carbocycles. The van der Waals surface area contributed by atoms with Crippen LogP contribution >= 0.6 is 15.3 Å². The van der Waals surface area contributed by atoms with Gasteiger partial charge in [0.25, 0.3) is 0 Å². The van der Waals surface area contributed by atoms with Gasteiger partial charge in [0, 0.05) is 0 Å². The molecule has 0 aromatic heterocycles. The fourth-order valence-corrected chi connectivity index (χ4v) is 1.50. The first kappa shape index (κ1) is 14.6. The van der Waals surface area contributed by atoms with Crippen molar-refractivity contribution in [2.24, 2.45) is 5.50 Å². The Hall–Kier alpha value is 1.05. The standard InChI is InChI=1S/CH4N2O5P2.Ca/c2-1-9(3,4)8-10(5,6)7;/h(H2,3,4)(H2,5,6,7);/q;+2/p-2. The third-order valence-corrected chi connectivity index (χ3v) is 2.41. The third-order valence-electron chi connectivity index (χ3n) is 0.361. The van der Waals surface area contributed by atoms with Crippen molar-refractivity contribution in [2.45, 2.75) is 0 Å². The Kier molecular flexibility index (Phi) is 6.53. The predicted octanol–water partition coefficient (Wildman–Crippen LogP) is -1.92. The van der Waals surface area contributed by atoms with Crippen molar-refractivity contribution in [1.29, 1.82) is 5.26 Å². The van der Waals surface area contributed by atoms with Gasteiger partial charge in [0.15, 0.2) is 5.81 Å². The van der Waals surface area contributed by atoms with Crippen molar-refractivity contribution < 1.29 is 23.2 Å². The van der Waals surface area contributed by atoms with Crippen LogP contribution in [0.5, 0.6) is 0 Å². The first-order valence-electron chi connectivity index (χ1n) is 1.80. The Morgan fingerprint density at radius 2 is 1.82 bits per heavy atom. The molecule has 0 bridgehead atoms. The first-order chi connectivity index (χ1) is 4.27. The van der Waals surface area contributed by atoms with Crippen LogP contribution in [0.25, 0.3) is 0 Å². The van der Waals surface area contributed by atoms with E-state index in [0.717, 1.165) is 5.81 Å². The van der Waals surface area contributed by atoms with Crippen LogP contribution in [-0.2, 0) is 13.4 Å². The maximum atomic E-state index is 10.2. The molecular formula is CH2CaN2O5P2. The van der Waals surface area contributed by atoms with Crippen molar-refractivity contribution >= 4 is 53.1 Å². The predicted molar refractivity (Wildman–Crippen MR) is 31.9 cm³/mol. The number of nitrogens with zero attached hydrogens (tertiary/aromatic N) is 1. The van der Waals surface area contributed by atoms with E-state index in [0.29, 0.717) is 0 Å². The second-order valence-corrected chi connectivity index (χ2v) is 4.17. The molecule has 58 valence electrons. The summed E-state index contributed by atoms with van der Waals surface area (Å²) in [7, 11) is -9.79. The van der Waals surface area contributed by atoms with Gasteiger partial charge in [-0.1, -0.05) is 0 Å². The summed E-state index contributed by atoms with van der Waals surface area (Å²) in [5, 5.41) is 7.80. The normalized spacial score (nSPS) is 15.8. The molecule has 2 N–H and O–H groups in total. The zero-order valence-corrected chi connectivity index (χ0v) is 9.16. The topological polar surface area (TPSA) is 139 Å². The summed E-state index contributed by atoms with van der Waals surface area (Å²) >= 11 is 0. The summed E-state index contributed by atoms with van der Waals surface area (Å²) in [5.41, 5.74) is 4.40. The van der Waals surface area contributed by atoms with Crippen molar-refractivity contribution in [3.8, 4) is 5.81 Å². The van der Waals surface area contributed by atoms with Crippen LogP contribution in [0, 0.1) is 11.1 Å². The van der Waals surface area contributed by atoms with Gasteiger partial charge in [-0.25, -0.2) is 5.50 Å². The smallest absolute Gasteiger partial charge is 0.789 e. The third kappa shape index (κ3) is 8.96. The molecule has 0 amide bonds. The van der Waals surface area contributed by atoms with E-state index in [1.54, 1.807) is 0 Å². The molecule has 0 aromatic carbocycles. The van der Waals surface area contributed by atoms with Crippen LogP contribution in [0.3, 0.4) is 0 Å². The van der Waals surface area contributed by atoms with Crippen LogP contribution in [0.4, 0.5) is 0 Å². The molecule has 1 unspecified atom stereocenters. The van der Waals surface area contributed by atoms with E-state index in [1.807, 2.05) is 0 Å². The van der Waals surface area contributed by atoms with E-state index in [1.165, 1.54) is 0 Å². The zero-order chi connectivity index (χ0) is 8.41. The maximum absolute atomic E-state index is 10.2. The molecule has 0 saturated carbocycles. The number of phosphoric acid groups is 1. The average molecular weight is 224 g/mol. The van der Waals surface area contributed by atoms with Crippen molar-refractivity contribution in [3.05, 3.63) is 0 Å². The Morgan fingerprint density at radius 1 is 1.45 bits per heavy atom. The van der Waals surface area contributed by atoms with Crippen molar-refractivity contribution in [3.63, 3.8) is 0 Å². The molecule has 0 heterocycles. The summed E-state index contributed by atoms with van der Waals surface area (Å²) in [6.45, 7) is 0. The zero-order valence-electron chi connectivity index (χ0n) is 5.17. The van der Waals surface area contributed by atoms with Gasteiger partial charge in [0.05, 0.1) is 7.82 Å². The monoisotopic (exact) mass is 224 g/mol. The largest absolute Gasteiger partial charge is 2.00 e. The number of nitrogens with two attached hydrogens (primary N) is 1. The van der Waals surface area contributed by atoms with Crippen LogP contribution in [0.15, 0.2) is 0 Å². The van der Waals surface area contributed by atoms with Gasteiger partial charge in [-0.2, -0.15) is 5.26 Å². The van der Waals surface area contributed by atoms with E-state index >= 15 is 0 Å². The Bertz CT molecular complexity index is 252. The molecule has 7 nitrogen and oxygen atoms in total. The molecule has 11 heavy (non-hydrogen) atoms. The Morgan fingerprint density at radius 3 is 1.91 bits per heavy atom. The minimum absolute atomic E-state index is 0. The van der Waals surface area contributed by atoms with Gasteiger partial charge in [0.1, 0.15) is 0 Å². The van der Waals surface area contributed by atoms with Crippen LogP contribution in [-0.4, -0.2) is 37.7 Å². The number of nitriles is 1. The van der Waals surface area contributed by atoms with Crippen molar-refractivity contribution in [2.75, 3.05) is 0 Å². The Labute approximate surface area is 92.3 Å². The van der Waals surface area contributed by atoms with Crippen LogP contribution in [0.2, 0.25) is 0 Å². The molecule has 1 atom stereocenters. The van der Waals surface area contributed by atoms with E-state index in [4.69, 9.17) is 5.26 Å². The number of rotatable bonds is 2. The second-order valence-electron chi connectivity index (χ2n) is 1.23. The minimum atomic E-state index is -5.41. The Balaban J connectivity index is 0. The van der Waals surface area contributed by atoms with Crippen LogP contribution < -0.4 is 15.3 Å². The molecule has 0 saturated heterocycles. The summed E-state index contributed by atoms with van der Waals surface area (Å²) in [6.07, 6.45) is 0. The van der Waals surface area contributed by atoms with E-state index in [2.05, 4.69) is 9.81 Å². The second kappa shape index (κ2) is 4.93. The quantitative estimate of drug-likeness (QED) is 0.426. The molecule has 0 fully saturated rings. The van der Waals surface area contributed by atoms with Crippen molar-refractivity contribution in [1.82, 2.24) is 0 Å². The summed E-state index contributed by atoms with van der Waals surface area (Å²) in [4.78, 5) is 19.3. The molecule has 0 aliphatic rings. The van der Waals surface area contributed by atoms with Gasteiger partial charge in [-0.3, -0.25) is 8.88 Å². The van der Waals surface area contributed by atoms with Gasteiger partial charge >= 0.3 is 45.3 Å². The molecule has 0 spiro atoms. The average Bonchev–Trinajstić information content (AvgIpc) is 1.60. The fraction of sp³-hybridized carbons (Fsp3) is 0. The molecule has 0 radical (unpaired) electrons. The van der Waals surface area contributed by atoms with Gasteiger partial charge in [-0.05, 0) is 0 Å². The van der Waals surface area contributed by atoms with Crippen LogP contribution in [0.1, 0.15) is 0 Å². The fourth-order valence-electron chi connectivity index (χ4n) is 0.167. The van der Waals surface area contributed by atoms with E-state index < -0.39 is 15.3 Å².